The van der Waals surface area contributed by atoms with Crippen molar-refractivity contribution in [3.63, 3.8) is 0 Å². The highest BCUT2D eigenvalue weighted by molar-refractivity contribution is 7.89. The molecule has 0 aliphatic rings. The van der Waals surface area contributed by atoms with E-state index in [1.807, 2.05) is 24.3 Å². The quantitative estimate of drug-likeness (QED) is 0.624. The normalized spacial score (nSPS) is 12.7. The number of ether oxygens (including phenoxy) is 1. The van der Waals surface area contributed by atoms with Gasteiger partial charge in [0.2, 0.25) is 10.0 Å². The third kappa shape index (κ3) is 4.18. The van der Waals surface area contributed by atoms with Gasteiger partial charge in [0.1, 0.15) is 6.04 Å². The van der Waals surface area contributed by atoms with Crippen LogP contribution in [0.5, 0.6) is 0 Å². The lowest BCUT2D eigenvalue weighted by Crippen LogP contribution is -2.41. The zero-order chi connectivity index (χ0) is 16.9. The zero-order valence-corrected chi connectivity index (χ0v) is 13.7. The van der Waals surface area contributed by atoms with Crippen LogP contribution < -0.4 is 4.72 Å². The molecule has 0 spiro atoms. The number of sulfonamides is 1. The number of hydrogen-bond donors (Lipinski definition) is 1. The Bertz CT molecular complexity index is 814. The second kappa shape index (κ2) is 7.39. The van der Waals surface area contributed by atoms with Gasteiger partial charge in [-0.15, -0.1) is 6.58 Å². The van der Waals surface area contributed by atoms with Gasteiger partial charge in [0.05, 0.1) is 11.5 Å². The predicted molar refractivity (Wildman–Crippen MR) is 89.5 cm³/mol. The molecular weight excluding hydrogens is 314 g/mol. The van der Waals surface area contributed by atoms with Crippen LogP contribution in [0, 0.1) is 0 Å². The fourth-order valence-corrected chi connectivity index (χ4v) is 3.42. The van der Waals surface area contributed by atoms with E-state index in [2.05, 4.69) is 11.3 Å². The number of fused-ring (bicyclic) bond motifs is 1. The molecule has 0 saturated heterocycles. The van der Waals surface area contributed by atoms with Crippen molar-refractivity contribution in [3.05, 3.63) is 55.1 Å². The minimum atomic E-state index is -3.84. The second-order valence-electron chi connectivity index (χ2n) is 4.96. The van der Waals surface area contributed by atoms with Crippen molar-refractivity contribution in [2.45, 2.75) is 24.3 Å². The smallest absolute Gasteiger partial charge is 0.324 e. The summed E-state index contributed by atoms with van der Waals surface area (Å²) in [5.74, 6) is -0.614. The molecule has 0 amide bonds. The van der Waals surface area contributed by atoms with Crippen LogP contribution in [0.1, 0.15) is 13.3 Å². The van der Waals surface area contributed by atoms with E-state index in [0.29, 0.717) is 0 Å². The summed E-state index contributed by atoms with van der Waals surface area (Å²) < 4.78 is 32.3. The zero-order valence-electron chi connectivity index (χ0n) is 12.9. The Labute approximate surface area is 136 Å². The molecule has 0 unspecified atom stereocenters. The van der Waals surface area contributed by atoms with E-state index < -0.39 is 22.0 Å². The number of carbonyl (C=O) groups is 1. The first-order valence-electron chi connectivity index (χ1n) is 7.26. The SMILES string of the molecule is C=CC[C@@H](NS(=O)(=O)c1ccc2ccccc2c1)C(=O)OCC. The number of hydrogen-bond acceptors (Lipinski definition) is 4. The Morgan fingerprint density at radius 2 is 1.96 bits per heavy atom. The second-order valence-corrected chi connectivity index (χ2v) is 6.67. The molecule has 1 atom stereocenters. The van der Waals surface area contributed by atoms with Crippen LogP contribution in [0.4, 0.5) is 0 Å². The average molecular weight is 333 g/mol. The van der Waals surface area contributed by atoms with Gasteiger partial charge >= 0.3 is 5.97 Å². The van der Waals surface area contributed by atoms with E-state index in [1.165, 1.54) is 12.1 Å². The predicted octanol–water partition coefficient (Wildman–Crippen LogP) is 2.63. The van der Waals surface area contributed by atoms with E-state index in [0.717, 1.165) is 10.8 Å². The molecule has 2 aromatic rings. The summed E-state index contributed by atoms with van der Waals surface area (Å²) in [4.78, 5) is 12.0. The van der Waals surface area contributed by atoms with Gasteiger partial charge in [-0.1, -0.05) is 36.4 Å². The maximum Gasteiger partial charge on any atom is 0.324 e. The first-order chi connectivity index (χ1) is 11.0. The van der Waals surface area contributed by atoms with Crippen molar-refractivity contribution in [1.82, 2.24) is 4.72 Å². The van der Waals surface area contributed by atoms with Crippen molar-refractivity contribution in [3.8, 4) is 0 Å². The van der Waals surface area contributed by atoms with Gasteiger partial charge in [0.15, 0.2) is 0 Å². The lowest BCUT2D eigenvalue weighted by atomic mass is 10.1. The van der Waals surface area contributed by atoms with Crippen molar-refractivity contribution in [1.29, 1.82) is 0 Å². The summed E-state index contributed by atoms with van der Waals surface area (Å²) in [5.41, 5.74) is 0. The Balaban J connectivity index is 2.30. The minimum absolute atomic E-state index is 0.106. The van der Waals surface area contributed by atoms with Crippen molar-refractivity contribution < 1.29 is 17.9 Å². The summed E-state index contributed by atoms with van der Waals surface area (Å²) in [6.07, 6.45) is 1.64. The molecule has 122 valence electrons. The van der Waals surface area contributed by atoms with E-state index in [-0.39, 0.29) is 17.9 Å². The molecule has 0 fully saturated rings. The highest BCUT2D eigenvalue weighted by atomic mass is 32.2. The first kappa shape index (κ1) is 17.2. The van der Waals surface area contributed by atoms with Crippen molar-refractivity contribution >= 4 is 26.8 Å². The van der Waals surface area contributed by atoms with Crippen LogP contribution >= 0.6 is 0 Å². The molecule has 0 aromatic heterocycles. The van der Waals surface area contributed by atoms with E-state index in [1.54, 1.807) is 19.1 Å². The molecule has 0 aliphatic heterocycles. The van der Waals surface area contributed by atoms with E-state index in [9.17, 15) is 13.2 Å². The maximum absolute atomic E-state index is 12.5. The molecule has 2 rings (SSSR count). The number of esters is 1. The molecular formula is C17H19NO4S. The molecule has 0 saturated carbocycles. The van der Waals surface area contributed by atoms with Gasteiger partial charge in [0, 0.05) is 0 Å². The lowest BCUT2D eigenvalue weighted by molar-refractivity contribution is -0.145. The highest BCUT2D eigenvalue weighted by Crippen LogP contribution is 2.19. The van der Waals surface area contributed by atoms with Gasteiger partial charge in [-0.25, -0.2) is 8.42 Å². The maximum atomic E-state index is 12.5. The average Bonchev–Trinajstić information content (AvgIpc) is 2.54. The van der Waals surface area contributed by atoms with Gasteiger partial charge in [-0.2, -0.15) is 4.72 Å². The molecule has 2 aromatic carbocycles. The number of rotatable bonds is 7. The summed E-state index contributed by atoms with van der Waals surface area (Å²) in [6.45, 7) is 5.40. The monoisotopic (exact) mass is 333 g/mol. The van der Waals surface area contributed by atoms with Crippen molar-refractivity contribution in [2.24, 2.45) is 0 Å². The molecule has 5 nitrogen and oxygen atoms in total. The molecule has 0 heterocycles. The standard InChI is InChI=1S/C17H19NO4S/c1-3-7-16(17(19)22-4-2)18-23(20,21)15-11-10-13-8-5-6-9-14(13)12-15/h3,5-6,8-12,16,18H,1,4,7H2,2H3/t16-/m1/s1. The van der Waals surface area contributed by atoms with Crippen LogP contribution in [0.2, 0.25) is 0 Å². The van der Waals surface area contributed by atoms with E-state index >= 15 is 0 Å². The summed E-state index contributed by atoms with van der Waals surface area (Å²) >= 11 is 0. The molecule has 23 heavy (non-hydrogen) atoms. The van der Waals surface area contributed by atoms with Gasteiger partial charge in [0.25, 0.3) is 0 Å². The Morgan fingerprint density at radius 1 is 1.26 bits per heavy atom. The summed E-state index contributed by atoms with van der Waals surface area (Å²) in [7, 11) is -3.84. The molecule has 0 aliphatic carbocycles. The number of nitrogens with one attached hydrogen (secondary N) is 1. The summed E-state index contributed by atoms with van der Waals surface area (Å²) in [5, 5.41) is 1.76. The van der Waals surface area contributed by atoms with E-state index in [4.69, 9.17) is 4.74 Å². The van der Waals surface area contributed by atoms with Gasteiger partial charge < -0.3 is 4.74 Å². The highest BCUT2D eigenvalue weighted by Gasteiger charge is 2.25. The van der Waals surface area contributed by atoms with Crippen LogP contribution in [0.25, 0.3) is 10.8 Å². The van der Waals surface area contributed by atoms with Crippen LogP contribution in [0.3, 0.4) is 0 Å². The van der Waals surface area contributed by atoms with Gasteiger partial charge in [-0.3, -0.25) is 4.79 Å². The van der Waals surface area contributed by atoms with Crippen LogP contribution in [0.15, 0.2) is 60.0 Å². The van der Waals surface area contributed by atoms with Gasteiger partial charge in [-0.05, 0) is 36.2 Å². The number of carbonyl (C=O) groups excluding carboxylic acids is 1. The molecule has 6 heteroatoms. The topological polar surface area (TPSA) is 72.5 Å². The lowest BCUT2D eigenvalue weighted by Gasteiger charge is -2.16. The molecule has 0 bridgehead atoms. The van der Waals surface area contributed by atoms with Crippen molar-refractivity contribution in [2.75, 3.05) is 6.61 Å². The largest absolute Gasteiger partial charge is 0.465 e. The fourth-order valence-electron chi connectivity index (χ4n) is 2.19. The number of benzene rings is 2. The molecule has 0 radical (unpaired) electrons. The van der Waals surface area contributed by atoms with Crippen LogP contribution in [-0.4, -0.2) is 27.0 Å². The fraction of sp³-hybridized carbons (Fsp3) is 0.235. The third-order valence-electron chi connectivity index (χ3n) is 3.30. The molecule has 1 N–H and O–H groups in total. The Morgan fingerprint density at radius 3 is 2.61 bits per heavy atom. The van der Waals surface area contributed by atoms with Crippen LogP contribution in [-0.2, 0) is 19.6 Å². The summed E-state index contributed by atoms with van der Waals surface area (Å²) in [6, 6.07) is 11.3. The minimum Gasteiger partial charge on any atom is -0.465 e. The Kier molecular flexibility index (Phi) is 5.52. The first-order valence-corrected chi connectivity index (χ1v) is 8.75. The third-order valence-corrected chi connectivity index (χ3v) is 4.77. The Hall–Kier alpha value is -2.18.